The fourth-order valence-corrected chi connectivity index (χ4v) is 5.60. The van der Waals surface area contributed by atoms with E-state index in [9.17, 15) is 9.90 Å². The van der Waals surface area contributed by atoms with Crippen molar-refractivity contribution in [2.24, 2.45) is 0 Å². The Morgan fingerprint density at radius 1 is 0.947 bits per heavy atom. The molecule has 4 rings (SSSR count). The Morgan fingerprint density at radius 3 is 2.24 bits per heavy atom. The van der Waals surface area contributed by atoms with Gasteiger partial charge in [0.25, 0.3) is 0 Å². The molecule has 202 valence electrons. The molecule has 1 aliphatic rings. The van der Waals surface area contributed by atoms with Crippen molar-refractivity contribution in [1.29, 1.82) is 0 Å². The molecule has 0 radical (unpaired) electrons. The van der Waals surface area contributed by atoms with Crippen molar-refractivity contribution in [2.75, 3.05) is 25.0 Å². The van der Waals surface area contributed by atoms with E-state index in [1.165, 1.54) is 5.56 Å². The van der Waals surface area contributed by atoms with Gasteiger partial charge in [0, 0.05) is 35.8 Å². The van der Waals surface area contributed by atoms with Crippen LogP contribution in [0.15, 0.2) is 72.8 Å². The number of likely N-dealkylation sites (tertiary alicyclic amines) is 1. The van der Waals surface area contributed by atoms with E-state index < -0.39 is 11.0 Å². The minimum Gasteiger partial charge on any atom is -0.508 e. The van der Waals surface area contributed by atoms with Crippen LogP contribution in [-0.4, -0.2) is 46.7 Å². The van der Waals surface area contributed by atoms with Gasteiger partial charge in [-0.1, -0.05) is 70.5 Å². The normalized spacial score (nSPS) is 15.2. The molecule has 1 saturated heterocycles. The summed E-state index contributed by atoms with van der Waals surface area (Å²) in [6.45, 7) is 7.32. The lowest BCUT2D eigenvalue weighted by Gasteiger charge is -2.43. The van der Waals surface area contributed by atoms with Crippen molar-refractivity contribution in [3.8, 4) is 11.5 Å². The number of nitrogens with zero attached hydrogens (tertiary/aromatic N) is 1. The zero-order valence-electron chi connectivity index (χ0n) is 22.6. The van der Waals surface area contributed by atoms with E-state index in [-0.39, 0.29) is 11.8 Å². The van der Waals surface area contributed by atoms with Gasteiger partial charge in [-0.05, 0) is 74.9 Å². The summed E-state index contributed by atoms with van der Waals surface area (Å²) in [5.41, 5.74) is 3.52. The molecule has 0 saturated carbocycles. The molecule has 6 heteroatoms. The Balaban J connectivity index is 1.52. The van der Waals surface area contributed by atoms with Gasteiger partial charge in [-0.15, -0.1) is 0 Å². The number of benzene rings is 3. The highest BCUT2D eigenvalue weighted by atomic mass is 79.9. The minimum atomic E-state index is -0.532. The molecule has 1 amide bonds. The molecule has 0 bridgehead atoms. The summed E-state index contributed by atoms with van der Waals surface area (Å²) in [5, 5.41) is 12.0. The zero-order valence-corrected chi connectivity index (χ0v) is 24.2. The van der Waals surface area contributed by atoms with E-state index in [0.717, 1.165) is 40.6 Å². The Morgan fingerprint density at radius 2 is 1.61 bits per heavy atom. The summed E-state index contributed by atoms with van der Waals surface area (Å²) < 4.78 is 11.6. The first-order chi connectivity index (χ1) is 18.2. The highest BCUT2D eigenvalue weighted by Gasteiger charge is 2.41. The molecule has 1 aliphatic heterocycles. The molecular weight excluding hydrogens is 542 g/mol. The Kier molecular flexibility index (Phi) is 9.03. The largest absolute Gasteiger partial charge is 0.508 e. The third-order valence-electron chi connectivity index (χ3n) is 7.14. The third kappa shape index (κ3) is 6.90. The van der Waals surface area contributed by atoms with Crippen LogP contribution in [0.2, 0.25) is 0 Å². The van der Waals surface area contributed by atoms with Crippen LogP contribution < -0.4 is 4.74 Å². The van der Waals surface area contributed by atoms with Crippen molar-refractivity contribution < 1.29 is 19.4 Å². The molecule has 3 aromatic carbocycles. The first-order valence-electron chi connectivity index (χ1n) is 13.3. The summed E-state index contributed by atoms with van der Waals surface area (Å²) in [4.78, 5) is 14.5. The first kappa shape index (κ1) is 28.0. The van der Waals surface area contributed by atoms with Crippen LogP contribution in [0.5, 0.6) is 11.5 Å². The van der Waals surface area contributed by atoms with Gasteiger partial charge in [0.15, 0.2) is 0 Å². The van der Waals surface area contributed by atoms with E-state index in [4.69, 9.17) is 9.47 Å². The number of phenolic OH excluding ortho intramolecular Hbond substituents is 1. The van der Waals surface area contributed by atoms with Crippen LogP contribution in [-0.2, 0) is 23.0 Å². The van der Waals surface area contributed by atoms with Gasteiger partial charge < -0.3 is 19.5 Å². The van der Waals surface area contributed by atoms with Gasteiger partial charge in [-0.2, -0.15) is 0 Å². The van der Waals surface area contributed by atoms with Gasteiger partial charge in [0.2, 0.25) is 0 Å². The lowest BCUT2D eigenvalue weighted by Crippen LogP contribution is -2.47. The Bertz CT molecular complexity index is 1200. The number of hydrogen-bond acceptors (Lipinski definition) is 4. The van der Waals surface area contributed by atoms with Gasteiger partial charge in [0.05, 0.1) is 6.61 Å². The molecule has 0 aliphatic carbocycles. The Hall–Kier alpha value is -2.99. The number of carbonyl (C=O) groups is 1. The van der Waals surface area contributed by atoms with Gasteiger partial charge in [-0.25, -0.2) is 4.79 Å². The molecule has 0 atom stereocenters. The second kappa shape index (κ2) is 12.2. The molecular formula is C32H38BrNO4. The number of ether oxygens (including phenoxy) is 2. The molecule has 1 fully saturated rings. The standard InChI is InChI=1S/C32H38BrNO4/c1-31(2,3)38-30(36)34-20-17-32(18-21-34,26-7-5-4-6-8-26)28-23-25(11-14-29(28)35)16-22-37-27-12-9-24(10-13-27)15-19-33/h4-14,23,35H,15-22H2,1-3H3. The fourth-order valence-electron chi connectivity index (χ4n) is 5.14. The first-order valence-corrected chi connectivity index (χ1v) is 14.5. The van der Waals surface area contributed by atoms with Crippen LogP contribution in [0, 0.1) is 0 Å². The summed E-state index contributed by atoms with van der Waals surface area (Å²) in [7, 11) is 0. The predicted octanol–water partition coefficient (Wildman–Crippen LogP) is 7.27. The van der Waals surface area contributed by atoms with Gasteiger partial charge >= 0.3 is 6.09 Å². The minimum absolute atomic E-state index is 0.283. The number of phenols is 1. The molecule has 0 unspecified atom stereocenters. The van der Waals surface area contributed by atoms with E-state index in [1.807, 2.05) is 57.2 Å². The maximum atomic E-state index is 12.7. The number of amides is 1. The monoisotopic (exact) mass is 579 g/mol. The topological polar surface area (TPSA) is 59.0 Å². The lowest BCUT2D eigenvalue weighted by molar-refractivity contribution is 0.0179. The quantitative estimate of drug-likeness (QED) is 0.285. The van der Waals surface area contributed by atoms with Gasteiger partial charge in [0.1, 0.15) is 17.1 Å². The number of alkyl halides is 1. The van der Waals surface area contributed by atoms with Crippen molar-refractivity contribution in [3.05, 3.63) is 95.1 Å². The summed E-state index contributed by atoms with van der Waals surface area (Å²) in [5.74, 6) is 1.14. The van der Waals surface area contributed by atoms with E-state index in [2.05, 4.69) is 46.3 Å². The van der Waals surface area contributed by atoms with Crippen molar-refractivity contribution in [3.63, 3.8) is 0 Å². The Labute approximate surface area is 234 Å². The average Bonchev–Trinajstić information content (AvgIpc) is 2.90. The van der Waals surface area contributed by atoms with E-state index in [1.54, 1.807) is 11.0 Å². The lowest BCUT2D eigenvalue weighted by atomic mass is 9.67. The molecule has 38 heavy (non-hydrogen) atoms. The van der Waals surface area contributed by atoms with Crippen molar-refractivity contribution in [2.45, 2.75) is 57.5 Å². The maximum Gasteiger partial charge on any atom is 0.410 e. The summed E-state index contributed by atoms with van der Waals surface area (Å²) in [6.07, 6.45) is 2.84. The van der Waals surface area contributed by atoms with Crippen molar-refractivity contribution in [1.82, 2.24) is 4.90 Å². The molecule has 1 heterocycles. The van der Waals surface area contributed by atoms with Gasteiger partial charge in [-0.3, -0.25) is 0 Å². The molecule has 0 spiro atoms. The van der Waals surface area contributed by atoms with Crippen LogP contribution in [0.3, 0.4) is 0 Å². The summed E-state index contributed by atoms with van der Waals surface area (Å²) >= 11 is 3.48. The second-order valence-corrected chi connectivity index (χ2v) is 11.7. The number of aromatic hydroxyl groups is 1. The summed E-state index contributed by atoms with van der Waals surface area (Å²) in [6, 6.07) is 24.4. The number of halogens is 1. The van der Waals surface area contributed by atoms with Crippen LogP contribution in [0.4, 0.5) is 4.79 Å². The number of rotatable bonds is 8. The van der Waals surface area contributed by atoms with E-state index >= 15 is 0 Å². The maximum absolute atomic E-state index is 12.7. The number of hydrogen-bond donors (Lipinski definition) is 1. The molecule has 0 aromatic heterocycles. The SMILES string of the molecule is CC(C)(C)OC(=O)N1CCC(c2ccccc2)(c2cc(CCOc3ccc(CCBr)cc3)ccc2O)CC1. The fraction of sp³-hybridized carbons (Fsp3) is 0.406. The highest BCUT2D eigenvalue weighted by molar-refractivity contribution is 9.09. The van der Waals surface area contributed by atoms with Crippen LogP contribution >= 0.6 is 15.9 Å². The number of piperidine rings is 1. The molecule has 3 aromatic rings. The third-order valence-corrected chi connectivity index (χ3v) is 7.53. The predicted molar refractivity (Wildman–Crippen MR) is 156 cm³/mol. The smallest absolute Gasteiger partial charge is 0.410 e. The molecule has 5 nitrogen and oxygen atoms in total. The van der Waals surface area contributed by atoms with Crippen LogP contribution in [0.1, 0.15) is 55.9 Å². The van der Waals surface area contributed by atoms with Crippen molar-refractivity contribution >= 4 is 22.0 Å². The molecule has 1 N–H and O–H groups in total. The van der Waals surface area contributed by atoms with Crippen LogP contribution in [0.25, 0.3) is 0 Å². The number of carbonyl (C=O) groups excluding carboxylic acids is 1. The zero-order chi connectivity index (χ0) is 27.2. The average molecular weight is 581 g/mol. The second-order valence-electron chi connectivity index (χ2n) is 10.9. The number of aryl methyl sites for hydroxylation is 1. The van der Waals surface area contributed by atoms with E-state index in [0.29, 0.717) is 32.5 Å². The highest BCUT2D eigenvalue weighted by Crippen LogP contribution is 2.45.